The van der Waals surface area contributed by atoms with Crippen LogP contribution in [0.25, 0.3) is 6.08 Å². The zero-order valence-electron chi connectivity index (χ0n) is 9.74. The Kier molecular flexibility index (Phi) is 3.34. The third-order valence-electron chi connectivity index (χ3n) is 2.21. The molecular formula is C10H16N2OS2Si. The standard InChI is InChI=1S/C10H16N2OS2Si/c1-16(2,3)13-7-12-6-4-5-8-9(12)15-10(14)11-8/h4-5H,6-7H2,1-3H3,(H,11,14). The summed E-state index contributed by atoms with van der Waals surface area (Å²) in [5.41, 5.74) is 1.11. The van der Waals surface area contributed by atoms with Crippen LogP contribution in [-0.4, -0.2) is 26.6 Å². The highest BCUT2D eigenvalue weighted by Crippen LogP contribution is 2.30. The maximum Gasteiger partial charge on any atom is 0.186 e. The summed E-state index contributed by atoms with van der Waals surface area (Å²) in [4.78, 5) is 5.41. The van der Waals surface area contributed by atoms with Gasteiger partial charge in [0.15, 0.2) is 12.3 Å². The van der Waals surface area contributed by atoms with Crippen molar-refractivity contribution in [1.82, 2.24) is 4.98 Å². The summed E-state index contributed by atoms with van der Waals surface area (Å²) in [5.74, 6) is 0. The van der Waals surface area contributed by atoms with Crippen LogP contribution in [0.1, 0.15) is 5.69 Å². The lowest BCUT2D eigenvalue weighted by molar-refractivity contribution is 0.311. The molecule has 0 bridgehead atoms. The SMILES string of the molecule is C[Si](C)(C)OCN1CC=Cc2[nH]c(=S)sc21. The van der Waals surface area contributed by atoms with Crippen molar-refractivity contribution >= 4 is 42.9 Å². The topological polar surface area (TPSA) is 28.3 Å². The van der Waals surface area contributed by atoms with E-state index in [0.717, 1.165) is 16.2 Å². The molecule has 0 aliphatic carbocycles. The number of thiazole rings is 1. The highest BCUT2D eigenvalue weighted by Gasteiger charge is 2.20. The van der Waals surface area contributed by atoms with Gasteiger partial charge in [-0.05, 0) is 37.9 Å². The minimum atomic E-state index is -1.45. The molecule has 0 radical (unpaired) electrons. The fourth-order valence-corrected chi connectivity index (χ4v) is 3.16. The van der Waals surface area contributed by atoms with Crippen LogP contribution in [0.15, 0.2) is 6.08 Å². The van der Waals surface area contributed by atoms with Crippen LogP contribution < -0.4 is 4.90 Å². The lowest BCUT2D eigenvalue weighted by Gasteiger charge is -2.28. The Bertz CT molecular complexity index is 458. The number of aromatic amines is 1. The zero-order chi connectivity index (χ0) is 11.8. The molecule has 0 unspecified atom stereocenters. The van der Waals surface area contributed by atoms with Crippen LogP contribution in [0.4, 0.5) is 5.00 Å². The molecule has 1 aromatic rings. The molecule has 1 aromatic heterocycles. The summed E-state index contributed by atoms with van der Waals surface area (Å²) < 4.78 is 6.75. The molecule has 0 spiro atoms. The first-order valence-electron chi connectivity index (χ1n) is 5.24. The van der Waals surface area contributed by atoms with Gasteiger partial charge in [0.25, 0.3) is 0 Å². The van der Waals surface area contributed by atoms with E-state index in [2.05, 4.69) is 41.7 Å². The minimum Gasteiger partial charge on any atom is -0.400 e. The number of H-pyrrole nitrogens is 1. The number of nitrogens with zero attached hydrogens (tertiary/aromatic N) is 1. The van der Waals surface area contributed by atoms with Gasteiger partial charge in [-0.25, -0.2) is 0 Å². The summed E-state index contributed by atoms with van der Waals surface area (Å²) in [5, 5.41) is 1.20. The van der Waals surface area contributed by atoms with Gasteiger partial charge in [-0.3, -0.25) is 0 Å². The van der Waals surface area contributed by atoms with Crippen molar-refractivity contribution in [3.63, 3.8) is 0 Å². The lowest BCUT2D eigenvalue weighted by Crippen LogP contribution is -2.35. The summed E-state index contributed by atoms with van der Waals surface area (Å²) in [6, 6.07) is 0. The van der Waals surface area contributed by atoms with Crippen LogP contribution in [-0.2, 0) is 4.43 Å². The first kappa shape index (κ1) is 12.0. The maximum absolute atomic E-state index is 5.92. The Morgan fingerprint density at radius 3 is 3.00 bits per heavy atom. The van der Waals surface area contributed by atoms with Crippen molar-refractivity contribution in [3.8, 4) is 0 Å². The van der Waals surface area contributed by atoms with Crippen molar-refractivity contribution in [1.29, 1.82) is 0 Å². The Labute approximate surface area is 106 Å². The largest absolute Gasteiger partial charge is 0.400 e. The van der Waals surface area contributed by atoms with Gasteiger partial charge in [0, 0.05) is 6.54 Å². The molecule has 0 atom stereocenters. The number of rotatable bonds is 3. The van der Waals surface area contributed by atoms with E-state index in [4.69, 9.17) is 16.6 Å². The van der Waals surface area contributed by atoms with Gasteiger partial charge in [0.2, 0.25) is 0 Å². The Morgan fingerprint density at radius 1 is 1.56 bits per heavy atom. The van der Waals surface area contributed by atoms with Crippen LogP contribution >= 0.6 is 23.6 Å². The molecular weight excluding hydrogens is 256 g/mol. The summed E-state index contributed by atoms with van der Waals surface area (Å²) in [6.45, 7) is 8.17. The smallest absolute Gasteiger partial charge is 0.186 e. The predicted octanol–water partition coefficient (Wildman–Crippen LogP) is 3.45. The van der Waals surface area contributed by atoms with E-state index < -0.39 is 8.32 Å². The highest BCUT2D eigenvalue weighted by molar-refractivity contribution is 7.73. The normalized spacial score (nSPS) is 15.3. The molecule has 1 aliphatic rings. The molecule has 0 saturated carbocycles. The molecule has 0 saturated heterocycles. The molecule has 0 aromatic carbocycles. The Hall–Kier alpha value is -0.433. The van der Waals surface area contributed by atoms with Crippen molar-refractivity contribution < 1.29 is 4.43 Å². The molecule has 6 heteroatoms. The van der Waals surface area contributed by atoms with E-state index in [9.17, 15) is 0 Å². The van der Waals surface area contributed by atoms with Crippen molar-refractivity contribution in [2.24, 2.45) is 0 Å². The molecule has 1 N–H and O–H groups in total. The van der Waals surface area contributed by atoms with Crippen molar-refractivity contribution in [2.45, 2.75) is 19.6 Å². The quantitative estimate of drug-likeness (QED) is 0.675. The fourth-order valence-electron chi connectivity index (χ4n) is 1.44. The fraction of sp³-hybridized carbons (Fsp3) is 0.500. The summed E-state index contributed by atoms with van der Waals surface area (Å²) in [6.07, 6.45) is 4.22. The van der Waals surface area contributed by atoms with Crippen molar-refractivity contribution in [3.05, 3.63) is 15.7 Å². The highest BCUT2D eigenvalue weighted by atomic mass is 32.1. The first-order valence-corrected chi connectivity index (χ1v) is 9.87. The second kappa shape index (κ2) is 4.44. The number of hydrogen-bond acceptors (Lipinski definition) is 4. The third-order valence-corrected chi connectivity index (χ3v) is 4.51. The summed E-state index contributed by atoms with van der Waals surface area (Å²) in [7, 11) is -1.45. The molecule has 0 amide bonds. The monoisotopic (exact) mass is 272 g/mol. The van der Waals surface area contributed by atoms with E-state index in [1.807, 2.05) is 0 Å². The second-order valence-corrected chi connectivity index (χ2v) is 10.9. The predicted molar refractivity (Wildman–Crippen MR) is 75.2 cm³/mol. The van der Waals surface area contributed by atoms with Gasteiger partial charge in [-0.1, -0.05) is 17.4 Å². The van der Waals surface area contributed by atoms with Crippen LogP contribution in [0.2, 0.25) is 19.6 Å². The second-order valence-electron chi connectivity index (χ2n) is 4.74. The zero-order valence-corrected chi connectivity index (χ0v) is 12.4. The van der Waals surface area contributed by atoms with E-state index >= 15 is 0 Å². The molecule has 88 valence electrons. The van der Waals surface area contributed by atoms with Crippen molar-refractivity contribution in [2.75, 3.05) is 18.2 Å². The minimum absolute atomic E-state index is 0.663. The van der Waals surface area contributed by atoms with E-state index in [-0.39, 0.29) is 0 Å². The van der Waals surface area contributed by atoms with Gasteiger partial charge in [-0.15, -0.1) is 0 Å². The van der Waals surface area contributed by atoms with E-state index in [1.54, 1.807) is 11.3 Å². The first-order chi connectivity index (χ1) is 7.46. The average molecular weight is 272 g/mol. The van der Waals surface area contributed by atoms with Crippen LogP contribution in [0.3, 0.4) is 0 Å². The number of anilines is 1. The molecule has 0 fully saturated rings. The number of aromatic nitrogens is 1. The molecule has 3 nitrogen and oxygen atoms in total. The van der Waals surface area contributed by atoms with Gasteiger partial charge in [0.05, 0.1) is 5.69 Å². The third kappa shape index (κ3) is 2.82. The van der Waals surface area contributed by atoms with Crippen LogP contribution in [0, 0.1) is 3.95 Å². The number of hydrogen-bond donors (Lipinski definition) is 1. The molecule has 1 aliphatic heterocycles. The molecule has 16 heavy (non-hydrogen) atoms. The maximum atomic E-state index is 5.92. The van der Waals surface area contributed by atoms with Gasteiger partial charge < -0.3 is 14.3 Å². The van der Waals surface area contributed by atoms with Gasteiger partial charge >= 0.3 is 0 Å². The van der Waals surface area contributed by atoms with E-state index in [1.165, 1.54) is 5.00 Å². The van der Waals surface area contributed by atoms with Crippen LogP contribution in [0.5, 0.6) is 0 Å². The van der Waals surface area contributed by atoms with Gasteiger partial charge in [-0.2, -0.15) is 0 Å². The molecule has 2 heterocycles. The number of fused-ring (bicyclic) bond motifs is 1. The molecule has 2 rings (SSSR count). The Balaban J connectivity index is 2.13. The summed E-state index contributed by atoms with van der Waals surface area (Å²) >= 11 is 6.78. The van der Waals surface area contributed by atoms with E-state index in [0.29, 0.717) is 6.73 Å². The Morgan fingerprint density at radius 2 is 2.31 bits per heavy atom. The number of nitrogens with one attached hydrogen (secondary N) is 1. The average Bonchev–Trinajstić information content (AvgIpc) is 2.54. The lowest BCUT2D eigenvalue weighted by atomic mass is 10.3. The van der Waals surface area contributed by atoms with Gasteiger partial charge in [0.1, 0.15) is 11.7 Å².